The van der Waals surface area contributed by atoms with Crippen LogP contribution in [0.5, 0.6) is 11.5 Å². The van der Waals surface area contributed by atoms with Gasteiger partial charge in [0.1, 0.15) is 5.82 Å². The maximum atomic E-state index is 12.9. The predicted molar refractivity (Wildman–Crippen MR) is 129 cm³/mol. The van der Waals surface area contributed by atoms with Crippen molar-refractivity contribution >= 4 is 44.6 Å². The number of fused-ring (bicyclic) bond motifs is 1. The van der Waals surface area contributed by atoms with Crippen molar-refractivity contribution in [2.75, 3.05) is 13.2 Å². The van der Waals surface area contributed by atoms with Crippen molar-refractivity contribution in [2.45, 2.75) is 34.6 Å². The second-order valence-electron chi connectivity index (χ2n) is 8.29. The summed E-state index contributed by atoms with van der Waals surface area (Å²) in [5.74, 6) is 1.52. The van der Waals surface area contributed by atoms with E-state index in [1.807, 2.05) is 13.0 Å². The number of ether oxygens (including phenoxy) is 2. The number of nitrogens with zero attached hydrogens (tertiary/aromatic N) is 3. The Bertz CT molecular complexity index is 1200. The van der Waals surface area contributed by atoms with Gasteiger partial charge >= 0.3 is 0 Å². The SMILES string of the molecule is CCOc1cc(C=Nn2c(C)nc3ccc(Br)cc3c2=O)cc(Cl)c1OCC(C)(C)C. The van der Waals surface area contributed by atoms with Gasteiger partial charge in [0, 0.05) is 4.47 Å². The minimum Gasteiger partial charge on any atom is -0.490 e. The molecule has 0 unspecified atom stereocenters. The zero-order valence-electron chi connectivity index (χ0n) is 18.2. The summed E-state index contributed by atoms with van der Waals surface area (Å²) in [4.78, 5) is 17.4. The van der Waals surface area contributed by atoms with Crippen molar-refractivity contribution in [3.8, 4) is 11.5 Å². The van der Waals surface area contributed by atoms with E-state index >= 15 is 0 Å². The van der Waals surface area contributed by atoms with Gasteiger partial charge in [-0.1, -0.05) is 48.3 Å². The number of hydrogen-bond acceptors (Lipinski definition) is 5. The lowest BCUT2D eigenvalue weighted by atomic mass is 9.99. The van der Waals surface area contributed by atoms with Gasteiger partial charge in [0.2, 0.25) is 0 Å². The van der Waals surface area contributed by atoms with Crippen molar-refractivity contribution in [1.82, 2.24) is 9.66 Å². The van der Waals surface area contributed by atoms with Crippen molar-refractivity contribution < 1.29 is 9.47 Å². The Morgan fingerprint density at radius 3 is 2.65 bits per heavy atom. The average Bonchev–Trinajstić information content (AvgIpc) is 2.67. The van der Waals surface area contributed by atoms with Crippen LogP contribution in [-0.2, 0) is 0 Å². The van der Waals surface area contributed by atoms with Crippen molar-refractivity contribution in [3.05, 3.63) is 61.6 Å². The van der Waals surface area contributed by atoms with E-state index < -0.39 is 0 Å². The van der Waals surface area contributed by atoms with Crippen LogP contribution in [0, 0.1) is 12.3 Å². The highest BCUT2D eigenvalue weighted by Gasteiger charge is 2.17. The molecule has 8 heteroatoms. The lowest BCUT2D eigenvalue weighted by Gasteiger charge is -2.21. The molecule has 0 bridgehead atoms. The maximum absolute atomic E-state index is 12.9. The largest absolute Gasteiger partial charge is 0.490 e. The molecular weight excluding hydrogens is 482 g/mol. The first-order valence-electron chi connectivity index (χ1n) is 9.91. The second kappa shape index (κ2) is 9.40. The summed E-state index contributed by atoms with van der Waals surface area (Å²) < 4.78 is 13.7. The molecule has 3 aromatic rings. The van der Waals surface area contributed by atoms with Crippen LogP contribution in [0.3, 0.4) is 0 Å². The molecule has 31 heavy (non-hydrogen) atoms. The number of benzene rings is 2. The molecule has 164 valence electrons. The Kier molecular flexibility index (Phi) is 7.06. The normalized spacial score (nSPS) is 12.0. The fraction of sp³-hybridized carbons (Fsp3) is 0.348. The van der Waals surface area contributed by atoms with Crippen molar-refractivity contribution in [1.29, 1.82) is 0 Å². The zero-order valence-corrected chi connectivity index (χ0v) is 20.5. The molecule has 0 atom stereocenters. The molecule has 3 rings (SSSR count). The van der Waals surface area contributed by atoms with E-state index in [-0.39, 0.29) is 11.0 Å². The van der Waals surface area contributed by atoms with Crippen molar-refractivity contribution in [2.24, 2.45) is 10.5 Å². The number of rotatable bonds is 6. The first-order chi connectivity index (χ1) is 14.6. The van der Waals surface area contributed by atoms with E-state index in [2.05, 4.69) is 46.8 Å². The van der Waals surface area contributed by atoms with E-state index in [0.717, 1.165) is 4.47 Å². The molecule has 0 radical (unpaired) electrons. The van der Waals surface area contributed by atoms with Gasteiger partial charge < -0.3 is 9.47 Å². The molecule has 0 saturated heterocycles. The Morgan fingerprint density at radius 2 is 1.97 bits per heavy atom. The molecule has 0 aliphatic carbocycles. The van der Waals surface area contributed by atoms with Gasteiger partial charge in [-0.25, -0.2) is 4.98 Å². The molecule has 1 heterocycles. The highest BCUT2D eigenvalue weighted by molar-refractivity contribution is 9.10. The Hall–Kier alpha value is -2.38. The van der Waals surface area contributed by atoms with E-state index in [4.69, 9.17) is 21.1 Å². The minimum atomic E-state index is -0.249. The van der Waals surface area contributed by atoms with Gasteiger partial charge in [0.25, 0.3) is 5.56 Å². The van der Waals surface area contributed by atoms with E-state index in [1.54, 1.807) is 37.4 Å². The lowest BCUT2D eigenvalue weighted by Crippen LogP contribution is -2.20. The standard InChI is InChI=1S/C23H25BrClN3O3/c1-6-30-20-10-15(9-18(25)21(20)31-13-23(3,4)5)12-26-28-14(2)27-19-8-7-16(24)11-17(19)22(28)29/h7-12H,6,13H2,1-5H3. The lowest BCUT2D eigenvalue weighted by molar-refractivity contribution is 0.189. The summed E-state index contributed by atoms with van der Waals surface area (Å²) >= 11 is 9.88. The van der Waals surface area contributed by atoms with Crippen LogP contribution < -0.4 is 15.0 Å². The van der Waals surface area contributed by atoms with E-state index in [0.29, 0.717) is 52.0 Å². The number of halogens is 2. The monoisotopic (exact) mass is 505 g/mol. The fourth-order valence-corrected chi connectivity index (χ4v) is 3.51. The molecule has 2 aromatic carbocycles. The summed E-state index contributed by atoms with van der Waals surface area (Å²) in [6, 6.07) is 8.91. The third-order valence-electron chi connectivity index (χ3n) is 4.27. The second-order valence-corrected chi connectivity index (χ2v) is 9.62. The van der Waals surface area contributed by atoms with Gasteiger partial charge in [-0.2, -0.15) is 9.78 Å². The topological polar surface area (TPSA) is 65.7 Å². The summed E-state index contributed by atoms with van der Waals surface area (Å²) in [5.41, 5.74) is 1.03. The van der Waals surface area contributed by atoms with Crippen LogP contribution in [0.15, 0.2) is 44.7 Å². The Balaban J connectivity index is 2.00. The van der Waals surface area contributed by atoms with Crippen LogP contribution in [-0.4, -0.2) is 29.1 Å². The fourth-order valence-electron chi connectivity index (χ4n) is 2.87. The molecule has 0 fully saturated rings. The van der Waals surface area contributed by atoms with Crippen LogP contribution in [0.1, 0.15) is 39.1 Å². The van der Waals surface area contributed by atoms with Crippen LogP contribution in [0.25, 0.3) is 10.9 Å². The molecule has 1 aromatic heterocycles. The minimum absolute atomic E-state index is 0.0241. The molecule has 0 aliphatic rings. The van der Waals surface area contributed by atoms with Gasteiger partial charge in [0.05, 0.1) is 35.4 Å². The molecule has 0 saturated carbocycles. The predicted octanol–water partition coefficient (Wildman–Crippen LogP) is 5.83. The van der Waals surface area contributed by atoms with Crippen molar-refractivity contribution in [3.63, 3.8) is 0 Å². The maximum Gasteiger partial charge on any atom is 0.282 e. The highest BCUT2D eigenvalue weighted by Crippen LogP contribution is 2.37. The Labute approximate surface area is 195 Å². The molecule has 0 aliphatic heterocycles. The Morgan fingerprint density at radius 1 is 1.23 bits per heavy atom. The summed E-state index contributed by atoms with van der Waals surface area (Å²) in [5, 5.41) is 5.26. The summed E-state index contributed by atoms with van der Waals surface area (Å²) in [6.07, 6.45) is 1.56. The van der Waals surface area contributed by atoms with Gasteiger partial charge in [-0.15, -0.1) is 0 Å². The number of aryl methyl sites for hydroxylation is 1. The summed E-state index contributed by atoms with van der Waals surface area (Å²) in [6.45, 7) is 10.8. The third-order valence-corrected chi connectivity index (χ3v) is 5.05. The molecule has 0 spiro atoms. The summed E-state index contributed by atoms with van der Waals surface area (Å²) in [7, 11) is 0. The first-order valence-corrected chi connectivity index (χ1v) is 11.1. The van der Waals surface area contributed by atoms with Gasteiger partial charge in [-0.3, -0.25) is 4.79 Å². The number of hydrogen-bond donors (Lipinski definition) is 0. The average molecular weight is 507 g/mol. The van der Waals surface area contributed by atoms with Gasteiger partial charge in [0.15, 0.2) is 11.5 Å². The molecule has 0 amide bonds. The first kappa shape index (κ1) is 23.3. The molecule has 0 N–H and O–H groups in total. The molecular formula is C23H25BrClN3O3. The van der Waals surface area contributed by atoms with E-state index in [1.165, 1.54) is 4.68 Å². The van der Waals surface area contributed by atoms with E-state index in [9.17, 15) is 4.79 Å². The van der Waals surface area contributed by atoms with Crippen LogP contribution in [0.2, 0.25) is 5.02 Å². The van der Waals surface area contributed by atoms with Crippen LogP contribution >= 0.6 is 27.5 Å². The zero-order chi connectivity index (χ0) is 22.8. The number of aromatic nitrogens is 2. The van der Waals surface area contributed by atoms with Crippen LogP contribution in [0.4, 0.5) is 0 Å². The smallest absolute Gasteiger partial charge is 0.282 e. The molecule has 6 nitrogen and oxygen atoms in total. The quantitative estimate of drug-likeness (QED) is 0.395. The highest BCUT2D eigenvalue weighted by atomic mass is 79.9. The third kappa shape index (κ3) is 5.66. The van der Waals surface area contributed by atoms with Gasteiger partial charge in [-0.05, 0) is 55.2 Å².